The molecule has 1 aromatic carbocycles. The Morgan fingerprint density at radius 2 is 2.14 bits per heavy atom. The van der Waals surface area contributed by atoms with Crippen LogP contribution in [0.15, 0.2) is 33.9 Å². The zero-order chi connectivity index (χ0) is 15.2. The number of rotatable bonds is 4. The van der Waals surface area contributed by atoms with Gasteiger partial charge in [0.2, 0.25) is 0 Å². The average molecular weight is 371 g/mol. The molecule has 2 rings (SSSR count). The Morgan fingerprint density at radius 3 is 2.76 bits per heavy atom. The largest absolute Gasteiger partial charge is 0.352 e. The van der Waals surface area contributed by atoms with E-state index in [1.807, 2.05) is 19.2 Å². The highest BCUT2D eigenvalue weighted by Crippen LogP contribution is 2.16. The summed E-state index contributed by atoms with van der Waals surface area (Å²) in [5.41, 5.74) is 0.851. The molecule has 0 fully saturated rings. The van der Waals surface area contributed by atoms with Gasteiger partial charge in [-0.25, -0.2) is 9.37 Å². The van der Waals surface area contributed by atoms with Crippen LogP contribution in [0.1, 0.15) is 15.4 Å². The molecular weight excluding hydrogens is 355 g/mol. The summed E-state index contributed by atoms with van der Waals surface area (Å²) in [6, 6.07) is 5.05. The van der Waals surface area contributed by atoms with Crippen molar-refractivity contribution in [1.29, 1.82) is 0 Å². The van der Waals surface area contributed by atoms with Crippen molar-refractivity contribution in [3.8, 4) is 0 Å². The van der Waals surface area contributed by atoms with Crippen LogP contribution in [0.4, 0.5) is 4.39 Å². The van der Waals surface area contributed by atoms with Crippen LogP contribution in [-0.4, -0.2) is 18.0 Å². The lowest BCUT2D eigenvalue weighted by Gasteiger charge is -2.11. The quantitative estimate of drug-likeness (QED) is 0.641. The molecule has 0 aliphatic heterocycles. The number of hydrogen-bond acceptors (Lipinski definition) is 3. The van der Waals surface area contributed by atoms with Crippen LogP contribution in [0, 0.1) is 12.7 Å². The molecule has 112 valence electrons. The molecule has 1 aromatic heterocycles. The normalized spacial score (nSPS) is 11.5. The van der Waals surface area contributed by atoms with Crippen molar-refractivity contribution < 1.29 is 4.39 Å². The Kier molecular flexibility index (Phi) is 5.69. The van der Waals surface area contributed by atoms with Crippen LogP contribution in [0.25, 0.3) is 0 Å². The van der Waals surface area contributed by atoms with Gasteiger partial charge in [-0.3, -0.25) is 4.99 Å². The third-order valence-corrected chi connectivity index (χ3v) is 4.30. The summed E-state index contributed by atoms with van der Waals surface area (Å²) in [5.74, 6) is 0.390. The van der Waals surface area contributed by atoms with Crippen LogP contribution in [0.5, 0.6) is 0 Å². The monoisotopic (exact) mass is 370 g/mol. The zero-order valence-corrected chi connectivity index (χ0v) is 14.2. The van der Waals surface area contributed by atoms with E-state index in [0.29, 0.717) is 23.5 Å². The highest BCUT2D eigenvalue weighted by Gasteiger charge is 2.04. The number of aryl methyl sites for hydroxylation is 1. The predicted molar refractivity (Wildman–Crippen MR) is 88.0 cm³/mol. The zero-order valence-electron chi connectivity index (χ0n) is 11.8. The number of hydrogen-bond donors (Lipinski definition) is 2. The molecule has 0 bridgehead atoms. The van der Waals surface area contributed by atoms with Gasteiger partial charge in [0.15, 0.2) is 5.96 Å². The summed E-state index contributed by atoms with van der Waals surface area (Å²) >= 11 is 4.79. The fourth-order valence-electron chi connectivity index (χ4n) is 1.70. The number of thiazole rings is 1. The van der Waals surface area contributed by atoms with E-state index in [1.54, 1.807) is 24.5 Å². The maximum absolute atomic E-state index is 13.4. The number of nitrogens with one attached hydrogen (secondary N) is 2. The molecule has 1 heterocycles. The van der Waals surface area contributed by atoms with Crippen LogP contribution in [0.3, 0.4) is 0 Å². The van der Waals surface area contributed by atoms with Crippen LogP contribution < -0.4 is 10.6 Å². The molecule has 0 atom stereocenters. The summed E-state index contributed by atoms with van der Waals surface area (Å²) < 4.78 is 13.9. The summed E-state index contributed by atoms with van der Waals surface area (Å²) in [6.45, 7) is 3.14. The summed E-state index contributed by atoms with van der Waals surface area (Å²) in [7, 11) is 1.70. The van der Waals surface area contributed by atoms with Gasteiger partial charge in [0.25, 0.3) is 0 Å². The van der Waals surface area contributed by atoms with Gasteiger partial charge in [0.05, 0.1) is 11.0 Å². The third kappa shape index (κ3) is 4.78. The highest BCUT2D eigenvalue weighted by molar-refractivity contribution is 9.10. The highest BCUT2D eigenvalue weighted by atomic mass is 79.9. The SMILES string of the molecule is CN=C(NCc1ccc(Br)c(F)c1)NCc1ncc(C)s1. The molecule has 2 aromatic rings. The fourth-order valence-corrected chi connectivity index (χ4v) is 2.67. The van der Waals surface area contributed by atoms with Gasteiger partial charge in [-0.1, -0.05) is 6.07 Å². The molecule has 0 aliphatic rings. The maximum Gasteiger partial charge on any atom is 0.191 e. The second kappa shape index (κ2) is 7.51. The van der Waals surface area contributed by atoms with Gasteiger partial charge in [0, 0.05) is 24.7 Å². The van der Waals surface area contributed by atoms with Crippen molar-refractivity contribution in [3.05, 3.63) is 50.1 Å². The first-order chi connectivity index (χ1) is 10.1. The number of halogens is 2. The smallest absolute Gasteiger partial charge is 0.191 e. The van der Waals surface area contributed by atoms with Crippen molar-refractivity contribution in [1.82, 2.24) is 15.6 Å². The third-order valence-electron chi connectivity index (χ3n) is 2.74. The minimum atomic E-state index is -0.268. The number of aliphatic imine (C=N–C) groups is 1. The van der Waals surface area contributed by atoms with E-state index in [4.69, 9.17) is 0 Å². The average Bonchev–Trinajstić information content (AvgIpc) is 2.88. The number of guanidine groups is 1. The van der Waals surface area contributed by atoms with Crippen molar-refractivity contribution in [2.24, 2.45) is 4.99 Å². The maximum atomic E-state index is 13.4. The molecule has 0 saturated heterocycles. The Balaban J connectivity index is 1.86. The lowest BCUT2D eigenvalue weighted by Crippen LogP contribution is -2.36. The summed E-state index contributed by atoms with van der Waals surface area (Å²) in [5, 5.41) is 7.33. The number of benzene rings is 1. The van der Waals surface area contributed by atoms with Gasteiger partial charge in [-0.05, 0) is 40.5 Å². The van der Waals surface area contributed by atoms with E-state index >= 15 is 0 Å². The van der Waals surface area contributed by atoms with E-state index in [0.717, 1.165) is 10.6 Å². The topological polar surface area (TPSA) is 49.3 Å². The molecule has 0 amide bonds. The predicted octanol–water partition coefficient (Wildman–Crippen LogP) is 3.22. The minimum absolute atomic E-state index is 0.268. The van der Waals surface area contributed by atoms with Crippen molar-refractivity contribution in [2.45, 2.75) is 20.0 Å². The van der Waals surface area contributed by atoms with Gasteiger partial charge in [-0.2, -0.15) is 0 Å². The standard InChI is InChI=1S/C14H16BrFN4S/c1-9-6-18-13(21-9)8-20-14(17-2)19-7-10-3-4-11(15)12(16)5-10/h3-6H,7-8H2,1-2H3,(H2,17,19,20). The van der Waals surface area contributed by atoms with E-state index < -0.39 is 0 Å². The molecule has 7 heteroatoms. The van der Waals surface area contributed by atoms with E-state index in [2.05, 4.69) is 36.5 Å². The molecule has 2 N–H and O–H groups in total. The molecule has 0 unspecified atom stereocenters. The molecule has 0 saturated carbocycles. The first-order valence-electron chi connectivity index (χ1n) is 6.38. The van der Waals surface area contributed by atoms with Crippen LogP contribution in [-0.2, 0) is 13.1 Å². The van der Waals surface area contributed by atoms with E-state index in [9.17, 15) is 4.39 Å². The lowest BCUT2D eigenvalue weighted by molar-refractivity contribution is 0.617. The van der Waals surface area contributed by atoms with Gasteiger partial charge < -0.3 is 10.6 Å². The minimum Gasteiger partial charge on any atom is -0.352 e. The molecular formula is C14H16BrFN4S. The molecule has 0 spiro atoms. The summed E-state index contributed by atoms with van der Waals surface area (Å²) in [6.07, 6.45) is 1.85. The first-order valence-corrected chi connectivity index (χ1v) is 7.99. The lowest BCUT2D eigenvalue weighted by atomic mass is 10.2. The fraction of sp³-hybridized carbons (Fsp3) is 0.286. The van der Waals surface area contributed by atoms with Crippen LogP contribution >= 0.6 is 27.3 Å². The van der Waals surface area contributed by atoms with E-state index in [-0.39, 0.29) is 5.82 Å². The first kappa shape index (κ1) is 15.9. The Morgan fingerprint density at radius 1 is 1.38 bits per heavy atom. The van der Waals surface area contributed by atoms with Gasteiger partial charge >= 0.3 is 0 Å². The van der Waals surface area contributed by atoms with Crippen LogP contribution in [0.2, 0.25) is 0 Å². The number of aromatic nitrogens is 1. The molecule has 0 radical (unpaired) electrons. The van der Waals surface area contributed by atoms with E-state index in [1.165, 1.54) is 10.9 Å². The van der Waals surface area contributed by atoms with Gasteiger partial charge in [-0.15, -0.1) is 11.3 Å². The number of nitrogens with zero attached hydrogens (tertiary/aromatic N) is 2. The molecule has 21 heavy (non-hydrogen) atoms. The Hall–Kier alpha value is -1.47. The Bertz CT molecular complexity index is 642. The Labute approximate surface area is 135 Å². The molecule has 4 nitrogen and oxygen atoms in total. The van der Waals surface area contributed by atoms with Crippen molar-refractivity contribution in [3.63, 3.8) is 0 Å². The summed E-state index contributed by atoms with van der Waals surface area (Å²) in [4.78, 5) is 9.59. The molecule has 0 aliphatic carbocycles. The van der Waals surface area contributed by atoms with Crippen molar-refractivity contribution in [2.75, 3.05) is 7.05 Å². The second-order valence-electron chi connectivity index (χ2n) is 4.39. The second-order valence-corrected chi connectivity index (χ2v) is 6.57. The van der Waals surface area contributed by atoms with Gasteiger partial charge in [0.1, 0.15) is 10.8 Å². The van der Waals surface area contributed by atoms with Crippen molar-refractivity contribution >= 4 is 33.2 Å².